The minimum absolute atomic E-state index is 0.0801. The Balaban J connectivity index is 0.000000158. The van der Waals surface area contributed by atoms with Crippen LogP contribution in [0.25, 0.3) is 16.9 Å². The van der Waals surface area contributed by atoms with Crippen molar-refractivity contribution in [3.63, 3.8) is 0 Å². The van der Waals surface area contributed by atoms with Crippen molar-refractivity contribution in [1.82, 2.24) is 23.9 Å². The molecule has 1 saturated heterocycles. The van der Waals surface area contributed by atoms with Crippen LogP contribution >= 0.6 is 15.9 Å². The molecule has 5 rings (SSSR count). The highest BCUT2D eigenvalue weighted by Gasteiger charge is 2.41. The largest absolute Gasteiger partial charge is 0.392 e. The van der Waals surface area contributed by atoms with Crippen molar-refractivity contribution in [2.75, 3.05) is 18.8 Å². The SMILES string of the molecule is Nc1ncc2c(F)cc(-c3ccc(Br)cn3)n2n1.O=S(=O)(C1CC1)N1CCCC(O)C1. The van der Waals surface area contributed by atoms with Crippen LogP contribution in [0.3, 0.4) is 0 Å². The number of aromatic nitrogens is 4. The van der Waals surface area contributed by atoms with Gasteiger partial charge in [-0.15, -0.1) is 5.10 Å². The minimum atomic E-state index is -3.05. The zero-order valence-electron chi connectivity index (χ0n) is 16.5. The molecular weight excluding hydrogens is 491 g/mol. The van der Waals surface area contributed by atoms with Gasteiger partial charge in [0.2, 0.25) is 16.0 Å². The standard InChI is InChI=1S/C11H7BrFN5.C8H15NO3S/c12-6-1-2-8(15-4-6)9-3-7(13)10-5-16-11(14)17-18(9)10;10-7-2-1-5-9(6-7)13(11,12)8-3-4-8/h1-5H,(H2,14,17);7-8,10H,1-6H2. The summed E-state index contributed by atoms with van der Waals surface area (Å²) in [5.41, 5.74) is 6.92. The van der Waals surface area contributed by atoms with E-state index in [4.69, 9.17) is 5.73 Å². The van der Waals surface area contributed by atoms with Crippen molar-refractivity contribution >= 4 is 37.4 Å². The zero-order valence-corrected chi connectivity index (χ0v) is 18.9. The second kappa shape index (κ2) is 8.77. The molecule has 3 aromatic rings. The van der Waals surface area contributed by atoms with Gasteiger partial charge in [0.1, 0.15) is 5.52 Å². The lowest BCUT2D eigenvalue weighted by Gasteiger charge is -2.29. The van der Waals surface area contributed by atoms with Crippen LogP contribution in [0.15, 0.2) is 35.1 Å². The van der Waals surface area contributed by atoms with Gasteiger partial charge in [0.25, 0.3) is 0 Å². The quantitative estimate of drug-likeness (QED) is 0.550. The van der Waals surface area contributed by atoms with Gasteiger partial charge in [-0.3, -0.25) is 4.98 Å². The Kier molecular flexibility index (Phi) is 6.24. The number of hydrogen-bond donors (Lipinski definition) is 2. The molecule has 1 saturated carbocycles. The number of rotatable bonds is 3. The molecule has 0 amide bonds. The van der Waals surface area contributed by atoms with Crippen LogP contribution < -0.4 is 5.73 Å². The predicted octanol–water partition coefficient (Wildman–Crippen LogP) is 2.21. The third-order valence-corrected chi connectivity index (χ3v) is 7.98. The summed E-state index contributed by atoms with van der Waals surface area (Å²) < 4.78 is 40.8. The summed E-state index contributed by atoms with van der Waals surface area (Å²) in [7, 11) is -3.05. The second-order valence-electron chi connectivity index (χ2n) is 7.55. The summed E-state index contributed by atoms with van der Waals surface area (Å²) in [6, 6.07) is 4.95. The summed E-state index contributed by atoms with van der Waals surface area (Å²) in [4.78, 5) is 7.97. The highest BCUT2D eigenvalue weighted by Crippen LogP contribution is 2.32. The van der Waals surface area contributed by atoms with Crippen LogP contribution in [-0.2, 0) is 10.0 Å². The summed E-state index contributed by atoms with van der Waals surface area (Å²) >= 11 is 3.30. The molecule has 0 bridgehead atoms. The Hall–Kier alpha value is -2.15. The predicted molar refractivity (Wildman–Crippen MR) is 117 cm³/mol. The Labute approximate surface area is 187 Å². The van der Waals surface area contributed by atoms with E-state index in [9.17, 15) is 17.9 Å². The molecule has 12 heteroatoms. The third-order valence-electron chi connectivity index (χ3n) is 5.14. The van der Waals surface area contributed by atoms with Crippen molar-refractivity contribution in [1.29, 1.82) is 0 Å². The molecule has 0 radical (unpaired) electrons. The fourth-order valence-electron chi connectivity index (χ4n) is 3.40. The average molecular weight is 513 g/mol. The fraction of sp³-hybridized carbons (Fsp3) is 0.421. The van der Waals surface area contributed by atoms with Crippen LogP contribution in [0.5, 0.6) is 0 Å². The molecule has 166 valence electrons. The summed E-state index contributed by atoms with van der Waals surface area (Å²) in [6.45, 7) is 0.898. The van der Waals surface area contributed by atoms with Gasteiger partial charge in [-0.05, 0) is 53.7 Å². The number of nitrogens with two attached hydrogens (primary N) is 1. The van der Waals surface area contributed by atoms with E-state index >= 15 is 0 Å². The summed E-state index contributed by atoms with van der Waals surface area (Å²) in [6.07, 6.45) is 5.65. The number of anilines is 1. The number of piperidine rings is 1. The molecule has 0 spiro atoms. The first kappa shape index (κ1) is 22.1. The Morgan fingerprint density at radius 3 is 2.61 bits per heavy atom. The summed E-state index contributed by atoms with van der Waals surface area (Å²) in [5, 5.41) is 13.2. The maximum atomic E-state index is 13.7. The van der Waals surface area contributed by atoms with Crippen molar-refractivity contribution < 1.29 is 17.9 Å². The van der Waals surface area contributed by atoms with E-state index in [1.54, 1.807) is 12.3 Å². The van der Waals surface area contributed by atoms with Crippen LogP contribution in [-0.4, -0.2) is 61.9 Å². The number of nitrogens with zero attached hydrogens (tertiary/aromatic N) is 5. The number of pyridine rings is 1. The van der Waals surface area contributed by atoms with E-state index in [0.717, 1.165) is 30.2 Å². The number of nitrogen functional groups attached to an aromatic ring is 1. The number of β-amino-alcohol motifs (C(OH)–C–C–N with tert-alkyl or cyclic N) is 1. The van der Waals surface area contributed by atoms with E-state index in [1.807, 2.05) is 6.07 Å². The topological polar surface area (TPSA) is 127 Å². The second-order valence-corrected chi connectivity index (χ2v) is 10.7. The molecule has 3 aromatic heterocycles. The van der Waals surface area contributed by atoms with Gasteiger partial charge in [-0.2, -0.15) is 4.31 Å². The fourth-order valence-corrected chi connectivity index (χ4v) is 5.56. The molecule has 31 heavy (non-hydrogen) atoms. The number of aliphatic hydroxyl groups is 1. The normalized spacial score (nSPS) is 19.8. The van der Waals surface area contributed by atoms with Gasteiger partial charge < -0.3 is 10.8 Å². The minimum Gasteiger partial charge on any atom is -0.392 e. The van der Waals surface area contributed by atoms with Gasteiger partial charge >= 0.3 is 0 Å². The molecule has 9 nitrogen and oxygen atoms in total. The number of sulfonamides is 1. The molecule has 1 aliphatic heterocycles. The van der Waals surface area contributed by atoms with E-state index in [0.29, 0.717) is 24.5 Å². The summed E-state index contributed by atoms with van der Waals surface area (Å²) in [5.74, 6) is -0.328. The molecule has 1 atom stereocenters. The van der Waals surface area contributed by atoms with Gasteiger partial charge in [0, 0.05) is 29.8 Å². The van der Waals surface area contributed by atoms with Crippen LogP contribution in [0.4, 0.5) is 10.3 Å². The third kappa shape index (κ3) is 4.86. The maximum Gasteiger partial charge on any atom is 0.238 e. The van der Waals surface area contributed by atoms with Crippen LogP contribution in [0.2, 0.25) is 0 Å². The van der Waals surface area contributed by atoms with E-state index in [-0.39, 0.29) is 16.7 Å². The number of halogens is 2. The first-order valence-corrected chi connectivity index (χ1v) is 12.1. The molecular formula is C19H22BrFN6O3S. The average Bonchev–Trinajstić information content (AvgIpc) is 3.55. The lowest BCUT2D eigenvalue weighted by Crippen LogP contribution is -2.43. The Morgan fingerprint density at radius 2 is 1.97 bits per heavy atom. The highest BCUT2D eigenvalue weighted by atomic mass is 79.9. The molecule has 0 aromatic carbocycles. The first-order chi connectivity index (χ1) is 14.8. The highest BCUT2D eigenvalue weighted by molar-refractivity contribution is 9.10. The van der Waals surface area contributed by atoms with E-state index < -0.39 is 21.9 Å². The van der Waals surface area contributed by atoms with Crippen LogP contribution in [0.1, 0.15) is 25.7 Å². The van der Waals surface area contributed by atoms with Crippen molar-refractivity contribution in [2.45, 2.75) is 37.0 Å². The lowest BCUT2D eigenvalue weighted by molar-refractivity contribution is 0.108. The molecule has 1 unspecified atom stereocenters. The Bertz CT molecular complexity index is 1180. The number of fused-ring (bicyclic) bond motifs is 1. The van der Waals surface area contributed by atoms with Crippen molar-refractivity contribution in [3.05, 3.63) is 40.9 Å². The van der Waals surface area contributed by atoms with Gasteiger partial charge in [-0.1, -0.05) is 0 Å². The molecule has 2 fully saturated rings. The molecule has 2 aliphatic rings. The first-order valence-electron chi connectivity index (χ1n) is 9.84. The molecule has 1 aliphatic carbocycles. The maximum absolute atomic E-state index is 13.7. The lowest BCUT2D eigenvalue weighted by atomic mass is 10.1. The number of hydrogen-bond acceptors (Lipinski definition) is 7. The monoisotopic (exact) mass is 512 g/mol. The van der Waals surface area contributed by atoms with Gasteiger partial charge in [0.15, 0.2) is 5.82 Å². The molecule has 4 heterocycles. The van der Waals surface area contributed by atoms with E-state index in [1.165, 1.54) is 21.1 Å². The van der Waals surface area contributed by atoms with Crippen LogP contribution in [0, 0.1) is 5.82 Å². The van der Waals surface area contributed by atoms with Gasteiger partial charge in [0.05, 0.1) is 28.9 Å². The van der Waals surface area contributed by atoms with Crippen molar-refractivity contribution in [3.8, 4) is 11.4 Å². The van der Waals surface area contributed by atoms with E-state index in [2.05, 4.69) is 31.0 Å². The van der Waals surface area contributed by atoms with Crippen molar-refractivity contribution in [2.24, 2.45) is 0 Å². The molecule has 3 N–H and O–H groups in total. The smallest absolute Gasteiger partial charge is 0.238 e. The van der Waals surface area contributed by atoms with Gasteiger partial charge in [-0.25, -0.2) is 22.3 Å². The Morgan fingerprint density at radius 1 is 1.19 bits per heavy atom. The number of aliphatic hydroxyl groups excluding tert-OH is 1. The zero-order chi connectivity index (χ0) is 22.2.